The lowest BCUT2D eigenvalue weighted by Gasteiger charge is -2.17. The molecule has 0 amide bonds. The van der Waals surface area contributed by atoms with Crippen molar-refractivity contribution < 1.29 is 19.1 Å². The van der Waals surface area contributed by atoms with Crippen molar-refractivity contribution in [2.45, 2.75) is 25.9 Å². The summed E-state index contributed by atoms with van der Waals surface area (Å²) < 4.78 is 5.36. The Morgan fingerprint density at radius 3 is 2.00 bits per heavy atom. The van der Waals surface area contributed by atoms with Crippen LogP contribution in [0.2, 0.25) is 0 Å². The molecule has 0 heterocycles. The second kappa shape index (κ2) is 8.03. The fourth-order valence-corrected chi connectivity index (χ4v) is 2.12. The molecule has 4 heteroatoms. The number of ketones is 2. The quantitative estimate of drug-likeness (QED) is 0.580. The summed E-state index contributed by atoms with van der Waals surface area (Å²) in [6.45, 7) is 1.41. The van der Waals surface area contributed by atoms with Gasteiger partial charge in [0.1, 0.15) is 5.78 Å². The minimum atomic E-state index is -1.00. The molecule has 118 valence electrons. The monoisotopic (exact) mass is 310 g/mol. The molecule has 0 aliphatic carbocycles. The van der Waals surface area contributed by atoms with Crippen LogP contribution in [0.25, 0.3) is 0 Å². The molecule has 0 fully saturated rings. The fourth-order valence-electron chi connectivity index (χ4n) is 2.12. The van der Waals surface area contributed by atoms with Crippen molar-refractivity contribution in [1.29, 1.82) is 0 Å². The maximum Gasteiger partial charge on any atom is 0.307 e. The van der Waals surface area contributed by atoms with E-state index in [0.717, 1.165) is 0 Å². The van der Waals surface area contributed by atoms with Crippen LogP contribution in [0.1, 0.15) is 41.8 Å². The highest BCUT2D eigenvalue weighted by atomic mass is 16.5. The van der Waals surface area contributed by atoms with Crippen LogP contribution in [0.15, 0.2) is 60.7 Å². The molecule has 0 N–H and O–H groups in total. The maximum absolute atomic E-state index is 12.7. The largest absolute Gasteiger partial charge is 0.449 e. The Morgan fingerprint density at radius 1 is 0.870 bits per heavy atom. The molecule has 23 heavy (non-hydrogen) atoms. The Balaban J connectivity index is 2.21. The molecular weight excluding hydrogens is 292 g/mol. The summed E-state index contributed by atoms with van der Waals surface area (Å²) in [5.74, 6) is -0.932. The molecule has 4 nitrogen and oxygen atoms in total. The van der Waals surface area contributed by atoms with Gasteiger partial charge in [-0.3, -0.25) is 9.59 Å². The smallest absolute Gasteiger partial charge is 0.307 e. The Labute approximate surface area is 135 Å². The normalized spacial score (nSPS) is 11.5. The van der Waals surface area contributed by atoms with Crippen molar-refractivity contribution in [3.8, 4) is 0 Å². The van der Waals surface area contributed by atoms with Gasteiger partial charge in [-0.05, 0) is 6.92 Å². The summed E-state index contributed by atoms with van der Waals surface area (Å²) in [7, 11) is 0. The van der Waals surface area contributed by atoms with Crippen LogP contribution in [0, 0.1) is 0 Å². The number of hydrogen-bond donors (Lipinski definition) is 0. The van der Waals surface area contributed by atoms with Gasteiger partial charge in [0.15, 0.2) is 6.10 Å². The third-order valence-corrected chi connectivity index (χ3v) is 3.33. The first-order valence-electron chi connectivity index (χ1n) is 7.41. The summed E-state index contributed by atoms with van der Waals surface area (Å²) in [6, 6.07) is 17.6. The molecular formula is C19H18O4. The SMILES string of the molecule is CC(=O)CCC(=O)OC(C(=O)c1ccccc1)c1ccccc1. The number of hydrogen-bond acceptors (Lipinski definition) is 4. The van der Waals surface area contributed by atoms with Gasteiger partial charge in [0.25, 0.3) is 0 Å². The average Bonchev–Trinajstić information content (AvgIpc) is 2.59. The van der Waals surface area contributed by atoms with Crippen LogP contribution in [0.4, 0.5) is 0 Å². The van der Waals surface area contributed by atoms with Crippen molar-refractivity contribution in [2.75, 3.05) is 0 Å². The first-order chi connectivity index (χ1) is 11.1. The first kappa shape index (κ1) is 16.6. The molecule has 1 unspecified atom stereocenters. The summed E-state index contributed by atoms with van der Waals surface area (Å²) in [4.78, 5) is 35.6. The van der Waals surface area contributed by atoms with Crippen molar-refractivity contribution in [3.05, 3.63) is 71.8 Å². The summed E-state index contributed by atoms with van der Waals surface area (Å²) in [6.07, 6.45) is -0.918. The van der Waals surface area contributed by atoms with E-state index in [-0.39, 0.29) is 24.4 Å². The average molecular weight is 310 g/mol. The van der Waals surface area contributed by atoms with E-state index in [9.17, 15) is 14.4 Å². The Bertz CT molecular complexity index is 677. The van der Waals surface area contributed by atoms with E-state index < -0.39 is 12.1 Å². The van der Waals surface area contributed by atoms with E-state index >= 15 is 0 Å². The predicted molar refractivity (Wildman–Crippen MR) is 86.0 cm³/mol. The minimum absolute atomic E-state index is 0.0270. The zero-order valence-corrected chi connectivity index (χ0v) is 12.9. The van der Waals surface area contributed by atoms with Gasteiger partial charge in [-0.1, -0.05) is 60.7 Å². The summed E-state index contributed by atoms with van der Waals surface area (Å²) in [5.41, 5.74) is 1.08. The predicted octanol–water partition coefficient (Wildman–Crippen LogP) is 3.52. The Kier molecular flexibility index (Phi) is 5.80. The highest BCUT2D eigenvalue weighted by Gasteiger charge is 2.25. The molecule has 0 spiro atoms. The summed E-state index contributed by atoms with van der Waals surface area (Å²) >= 11 is 0. The highest BCUT2D eigenvalue weighted by Crippen LogP contribution is 2.23. The second-order valence-corrected chi connectivity index (χ2v) is 5.21. The third kappa shape index (κ3) is 4.88. The number of carbonyl (C=O) groups is 3. The Morgan fingerprint density at radius 2 is 1.43 bits per heavy atom. The van der Waals surface area contributed by atoms with Crippen molar-refractivity contribution >= 4 is 17.5 Å². The standard InChI is InChI=1S/C19H18O4/c1-14(20)12-13-17(21)23-19(16-10-6-3-7-11-16)18(22)15-8-4-2-5-9-15/h2-11,19H,12-13H2,1H3. The molecule has 0 aliphatic rings. The zero-order valence-electron chi connectivity index (χ0n) is 12.9. The van der Waals surface area contributed by atoms with E-state index in [2.05, 4.69) is 0 Å². The van der Waals surface area contributed by atoms with E-state index in [0.29, 0.717) is 11.1 Å². The van der Waals surface area contributed by atoms with E-state index in [1.807, 2.05) is 12.1 Å². The molecule has 0 aromatic heterocycles. The number of esters is 1. The molecule has 0 aliphatic heterocycles. The van der Waals surface area contributed by atoms with Crippen LogP contribution in [0.3, 0.4) is 0 Å². The molecule has 2 rings (SSSR count). The van der Waals surface area contributed by atoms with Crippen LogP contribution in [-0.4, -0.2) is 17.5 Å². The lowest BCUT2D eigenvalue weighted by molar-refractivity contribution is -0.148. The maximum atomic E-state index is 12.7. The second-order valence-electron chi connectivity index (χ2n) is 5.21. The van der Waals surface area contributed by atoms with Gasteiger partial charge in [0, 0.05) is 17.5 Å². The molecule has 1 atom stereocenters. The molecule has 0 bridgehead atoms. The topological polar surface area (TPSA) is 60.4 Å². The Hall–Kier alpha value is -2.75. The van der Waals surface area contributed by atoms with Gasteiger partial charge < -0.3 is 9.53 Å². The van der Waals surface area contributed by atoms with Gasteiger partial charge in [-0.2, -0.15) is 0 Å². The lowest BCUT2D eigenvalue weighted by Crippen LogP contribution is -2.20. The number of benzene rings is 2. The minimum Gasteiger partial charge on any atom is -0.449 e. The van der Waals surface area contributed by atoms with Crippen molar-refractivity contribution in [1.82, 2.24) is 0 Å². The van der Waals surface area contributed by atoms with E-state index in [1.54, 1.807) is 48.5 Å². The molecule has 2 aromatic carbocycles. The molecule has 0 saturated carbocycles. The van der Waals surface area contributed by atoms with Gasteiger partial charge >= 0.3 is 5.97 Å². The fraction of sp³-hybridized carbons (Fsp3) is 0.211. The van der Waals surface area contributed by atoms with Crippen molar-refractivity contribution in [3.63, 3.8) is 0 Å². The number of carbonyl (C=O) groups excluding carboxylic acids is 3. The van der Waals surface area contributed by atoms with Gasteiger partial charge in [0.05, 0.1) is 6.42 Å². The van der Waals surface area contributed by atoms with Crippen LogP contribution in [0.5, 0.6) is 0 Å². The first-order valence-corrected chi connectivity index (χ1v) is 7.41. The van der Waals surface area contributed by atoms with Crippen molar-refractivity contribution in [2.24, 2.45) is 0 Å². The number of ether oxygens (including phenoxy) is 1. The summed E-state index contributed by atoms with van der Waals surface area (Å²) in [5, 5.41) is 0. The van der Waals surface area contributed by atoms with E-state index in [4.69, 9.17) is 4.74 Å². The van der Waals surface area contributed by atoms with Gasteiger partial charge in [-0.25, -0.2) is 0 Å². The highest BCUT2D eigenvalue weighted by molar-refractivity contribution is 6.01. The van der Waals surface area contributed by atoms with Crippen LogP contribution < -0.4 is 0 Å². The lowest BCUT2D eigenvalue weighted by atomic mass is 10.00. The third-order valence-electron chi connectivity index (χ3n) is 3.33. The van der Waals surface area contributed by atoms with Gasteiger partial charge in [-0.15, -0.1) is 0 Å². The van der Waals surface area contributed by atoms with Crippen LogP contribution >= 0.6 is 0 Å². The van der Waals surface area contributed by atoms with E-state index in [1.165, 1.54) is 6.92 Å². The van der Waals surface area contributed by atoms with Crippen LogP contribution in [-0.2, 0) is 14.3 Å². The molecule has 0 radical (unpaired) electrons. The number of Topliss-reactive ketones (excluding diaryl/α,β-unsaturated/α-hetero) is 2. The van der Waals surface area contributed by atoms with Gasteiger partial charge in [0.2, 0.25) is 5.78 Å². The molecule has 2 aromatic rings. The zero-order chi connectivity index (χ0) is 16.7. The molecule has 0 saturated heterocycles. The number of rotatable bonds is 7.